The molecule has 1 fully saturated rings. The molecule has 2 heteroatoms. The first-order chi connectivity index (χ1) is 9.59. The quantitative estimate of drug-likeness (QED) is 0.905. The molecule has 1 saturated heterocycles. The Morgan fingerprint density at radius 3 is 2.85 bits per heavy atom. The molecule has 0 aromatic heterocycles. The smallest absolute Gasteiger partial charge is 0.0252 e. The number of hydrogen-bond acceptors (Lipinski definition) is 2. The molecule has 2 aliphatic rings. The third-order valence-electron chi connectivity index (χ3n) is 4.97. The van der Waals surface area contributed by atoms with Gasteiger partial charge in [-0.15, -0.1) is 0 Å². The van der Waals surface area contributed by atoms with E-state index >= 15 is 0 Å². The Morgan fingerprint density at radius 2 is 2.10 bits per heavy atom. The van der Waals surface area contributed by atoms with Crippen molar-refractivity contribution < 1.29 is 0 Å². The van der Waals surface area contributed by atoms with Gasteiger partial charge in [0, 0.05) is 37.1 Å². The summed E-state index contributed by atoms with van der Waals surface area (Å²) >= 11 is 0. The predicted octanol–water partition coefficient (Wildman–Crippen LogP) is 3.18. The summed E-state index contributed by atoms with van der Waals surface area (Å²) in [4.78, 5) is 2.75. The molecule has 2 nitrogen and oxygen atoms in total. The maximum Gasteiger partial charge on any atom is 0.0252 e. The van der Waals surface area contributed by atoms with Crippen molar-refractivity contribution in [1.82, 2.24) is 10.2 Å². The van der Waals surface area contributed by atoms with Crippen LogP contribution in [0.25, 0.3) is 0 Å². The molecule has 3 rings (SSSR count). The van der Waals surface area contributed by atoms with Crippen molar-refractivity contribution in [3.05, 3.63) is 35.4 Å². The van der Waals surface area contributed by atoms with Gasteiger partial charge in [-0.05, 0) is 37.8 Å². The van der Waals surface area contributed by atoms with Crippen molar-refractivity contribution in [3.8, 4) is 0 Å². The van der Waals surface area contributed by atoms with Crippen LogP contribution in [0.15, 0.2) is 24.3 Å². The highest BCUT2D eigenvalue weighted by atomic mass is 15.2. The normalized spacial score (nSPS) is 28.8. The van der Waals surface area contributed by atoms with Crippen LogP contribution in [0, 0.1) is 0 Å². The summed E-state index contributed by atoms with van der Waals surface area (Å²) in [5, 5.41) is 3.71. The number of piperazine rings is 1. The lowest BCUT2D eigenvalue weighted by Crippen LogP contribution is -2.62. The van der Waals surface area contributed by atoms with Gasteiger partial charge in [0.25, 0.3) is 0 Å². The van der Waals surface area contributed by atoms with Gasteiger partial charge >= 0.3 is 0 Å². The summed E-state index contributed by atoms with van der Waals surface area (Å²) in [5.74, 6) is 0.763. The zero-order valence-electron chi connectivity index (χ0n) is 13.2. The van der Waals surface area contributed by atoms with E-state index in [4.69, 9.17) is 0 Å². The summed E-state index contributed by atoms with van der Waals surface area (Å²) in [6.07, 6.45) is 3.88. The van der Waals surface area contributed by atoms with Gasteiger partial charge in [-0.25, -0.2) is 0 Å². The minimum atomic E-state index is 0.257. The number of nitrogens with zero attached hydrogens (tertiary/aromatic N) is 1. The first-order valence-electron chi connectivity index (χ1n) is 8.16. The number of benzene rings is 1. The summed E-state index contributed by atoms with van der Waals surface area (Å²) in [6.45, 7) is 10.5. The van der Waals surface area contributed by atoms with Crippen molar-refractivity contribution >= 4 is 0 Å². The van der Waals surface area contributed by atoms with Crippen molar-refractivity contribution in [3.63, 3.8) is 0 Å². The molecule has 20 heavy (non-hydrogen) atoms. The van der Waals surface area contributed by atoms with Gasteiger partial charge in [0.15, 0.2) is 0 Å². The van der Waals surface area contributed by atoms with E-state index in [1.807, 2.05) is 0 Å². The molecule has 1 aliphatic carbocycles. The van der Waals surface area contributed by atoms with Crippen LogP contribution in [-0.2, 0) is 6.42 Å². The summed E-state index contributed by atoms with van der Waals surface area (Å²) in [6, 6.07) is 9.70. The van der Waals surface area contributed by atoms with Gasteiger partial charge in [0.05, 0.1) is 0 Å². The fraction of sp³-hybridized carbons (Fsp3) is 0.667. The van der Waals surface area contributed by atoms with Gasteiger partial charge in [0.1, 0.15) is 0 Å². The van der Waals surface area contributed by atoms with Crippen molar-refractivity contribution in [2.24, 2.45) is 0 Å². The molecular weight excluding hydrogens is 244 g/mol. The molecule has 0 bridgehead atoms. The third kappa shape index (κ3) is 2.77. The molecule has 1 heterocycles. The number of rotatable bonds is 4. The maximum absolute atomic E-state index is 3.71. The molecule has 1 aromatic rings. The maximum atomic E-state index is 3.71. The van der Waals surface area contributed by atoms with E-state index in [0.717, 1.165) is 18.5 Å². The van der Waals surface area contributed by atoms with Gasteiger partial charge in [0.2, 0.25) is 0 Å². The third-order valence-corrected chi connectivity index (χ3v) is 4.97. The van der Waals surface area contributed by atoms with Crippen LogP contribution in [0.4, 0.5) is 0 Å². The van der Waals surface area contributed by atoms with E-state index in [-0.39, 0.29) is 5.54 Å². The van der Waals surface area contributed by atoms with Crippen molar-refractivity contribution in [2.45, 2.75) is 57.5 Å². The Bertz CT molecular complexity index is 466. The van der Waals surface area contributed by atoms with Crippen LogP contribution in [0.3, 0.4) is 0 Å². The van der Waals surface area contributed by atoms with Gasteiger partial charge in [-0.1, -0.05) is 37.6 Å². The van der Waals surface area contributed by atoms with Crippen LogP contribution < -0.4 is 5.32 Å². The Hall–Kier alpha value is -0.860. The standard InChI is InChI=1S/C18H28N2/c1-4-7-16-11-19-18(2,3)13-20(16)12-15-10-14-8-5-6-9-17(14)15/h5-6,8-9,15-16,19H,4,7,10-13H2,1-3H3. The summed E-state index contributed by atoms with van der Waals surface area (Å²) in [7, 11) is 0. The summed E-state index contributed by atoms with van der Waals surface area (Å²) in [5.41, 5.74) is 3.42. The second-order valence-corrected chi connectivity index (χ2v) is 7.24. The molecule has 2 atom stereocenters. The second kappa shape index (κ2) is 5.50. The summed E-state index contributed by atoms with van der Waals surface area (Å²) < 4.78 is 0. The van der Waals surface area contributed by atoms with Crippen LogP contribution >= 0.6 is 0 Å². The van der Waals surface area contributed by atoms with Crippen LogP contribution in [0.5, 0.6) is 0 Å². The Labute approximate surface area is 123 Å². The van der Waals surface area contributed by atoms with E-state index in [2.05, 4.69) is 55.3 Å². The van der Waals surface area contributed by atoms with Crippen molar-refractivity contribution in [1.29, 1.82) is 0 Å². The van der Waals surface area contributed by atoms with Gasteiger partial charge in [-0.2, -0.15) is 0 Å². The van der Waals surface area contributed by atoms with Crippen molar-refractivity contribution in [2.75, 3.05) is 19.6 Å². The highest BCUT2D eigenvalue weighted by Gasteiger charge is 2.35. The highest BCUT2D eigenvalue weighted by Crippen LogP contribution is 2.36. The largest absolute Gasteiger partial charge is 0.309 e. The molecule has 110 valence electrons. The van der Waals surface area contributed by atoms with Gasteiger partial charge < -0.3 is 5.32 Å². The molecule has 1 N–H and O–H groups in total. The second-order valence-electron chi connectivity index (χ2n) is 7.24. The van der Waals surface area contributed by atoms with Crippen LogP contribution in [0.1, 0.15) is 50.7 Å². The minimum absolute atomic E-state index is 0.257. The van der Waals surface area contributed by atoms with E-state index in [9.17, 15) is 0 Å². The number of fused-ring (bicyclic) bond motifs is 1. The average Bonchev–Trinajstić information content (AvgIpc) is 2.39. The zero-order valence-corrected chi connectivity index (χ0v) is 13.2. The molecular formula is C18H28N2. The Kier molecular flexibility index (Phi) is 3.87. The van der Waals surface area contributed by atoms with E-state index in [1.54, 1.807) is 11.1 Å². The van der Waals surface area contributed by atoms with E-state index in [0.29, 0.717) is 0 Å². The lowest BCUT2D eigenvalue weighted by molar-refractivity contribution is 0.0808. The molecule has 0 spiro atoms. The topological polar surface area (TPSA) is 15.3 Å². The zero-order chi connectivity index (χ0) is 14.2. The van der Waals surface area contributed by atoms with Crippen LogP contribution in [0.2, 0.25) is 0 Å². The lowest BCUT2D eigenvalue weighted by atomic mass is 9.77. The molecule has 0 saturated carbocycles. The number of hydrogen-bond donors (Lipinski definition) is 1. The molecule has 0 radical (unpaired) electrons. The molecule has 1 aliphatic heterocycles. The highest BCUT2D eigenvalue weighted by molar-refractivity contribution is 5.40. The first-order valence-corrected chi connectivity index (χ1v) is 8.16. The monoisotopic (exact) mass is 272 g/mol. The predicted molar refractivity (Wildman–Crippen MR) is 85.2 cm³/mol. The lowest BCUT2D eigenvalue weighted by Gasteiger charge is -2.47. The molecule has 0 amide bonds. The van der Waals surface area contributed by atoms with E-state index in [1.165, 1.54) is 32.4 Å². The van der Waals surface area contributed by atoms with Crippen LogP contribution in [-0.4, -0.2) is 36.1 Å². The fourth-order valence-corrected chi connectivity index (χ4v) is 3.86. The molecule has 1 aromatic carbocycles. The number of nitrogens with one attached hydrogen (secondary N) is 1. The molecule has 2 unspecified atom stereocenters. The Balaban J connectivity index is 1.68. The SMILES string of the molecule is CCCC1CNC(C)(C)CN1CC1Cc2ccccc21. The fourth-order valence-electron chi connectivity index (χ4n) is 3.86. The van der Waals surface area contributed by atoms with Gasteiger partial charge in [-0.3, -0.25) is 4.90 Å². The minimum Gasteiger partial charge on any atom is -0.309 e. The Morgan fingerprint density at radius 1 is 1.30 bits per heavy atom. The van der Waals surface area contributed by atoms with E-state index < -0.39 is 0 Å². The first kappa shape index (κ1) is 14.1. The average molecular weight is 272 g/mol.